The van der Waals surface area contributed by atoms with Crippen molar-refractivity contribution in [1.29, 1.82) is 0 Å². The number of rotatable bonds is 8. The summed E-state index contributed by atoms with van der Waals surface area (Å²) in [7, 11) is -19.5. The van der Waals surface area contributed by atoms with Crippen molar-refractivity contribution in [2.75, 3.05) is 0 Å². The molecule has 0 spiro atoms. The third kappa shape index (κ3) is 8.66. The maximum absolute atomic E-state index is 12.1. The van der Waals surface area contributed by atoms with Crippen molar-refractivity contribution in [1.82, 2.24) is 19.9 Å². The van der Waals surface area contributed by atoms with Crippen LogP contribution in [0.1, 0.15) is 22.8 Å². The molecule has 8 bridgehead atoms. The van der Waals surface area contributed by atoms with E-state index in [1.807, 2.05) is 0 Å². The van der Waals surface area contributed by atoms with E-state index in [2.05, 4.69) is 9.97 Å². The van der Waals surface area contributed by atoms with Crippen molar-refractivity contribution in [3.05, 3.63) is 95.6 Å². The molecule has 0 saturated heterocycles. The Morgan fingerprint density at radius 1 is 0.355 bits per heavy atom. The van der Waals surface area contributed by atoms with Crippen molar-refractivity contribution in [3.8, 4) is 41.8 Å². The summed E-state index contributed by atoms with van der Waals surface area (Å²) < 4.78 is 143. The summed E-state index contributed by atoms with van der Waals surface area (Å²) in [4.78, 5) is 17.7. The summed E-state index contributed by atoms with van der Waals surface area (Å²) in [6.45, 7) is 0. The van der Waals surface area contributed by atoms with Crippen LogP contribution >= 0.6 is 45.3 Å². The van der Waals surface area contributed by atoms with Crippen LogP contribution < -0.4 is 0 Å². The number of fused-ring (bicyclic) bond motifs is 8. The van der Waals surface area contributed by atoms with Gasteiger partial charge in [0.25, 0.3) is 0 Å². The first-order valence-electron chi connectivity index (χ1n) is 16.6. The van der Waals surface area contributed by atoms with Crippen LogP contribution in [0, 0.1) is 0 Å². The molecule has 0 saturated carbocycles. The summed E-state index contributed by atoms with van der Waals surface area (Å²) in [6.07, 6.45) is 6.46. The number of nitrogens with zero attached hydrogens (tertiary/aromatic N) is 2. The molecule has 2 N–H and O–H groups in total. The summed E-state index contributed by atoms with van der Waals surface area (Å²) in [5.74, 6) is 0. The predicted octanol–water partition coefficient (Wildman–Crippen LogP) is 7.18. The Labute approximate surface area is 388 Å². The first kappa shape index (κ1) is 46.1. The topological polar surface area (TPSA) is 286 Å². The first-order chi connectivity index (χ1) is 28.2. The second-order valence-corrected chi connectivity index (χ2v) is 23.6. The molecule has 7 aromatic rings. The number of aromatic amines is 2. The van der Waals surface area contributed by atoms with E-state index < -0.39 is 57.3 Å². The molecule has 0 unspecified atom stereocenters. The molecule has 16 nitrogen and oxygen atoms in total. The van der Waals surface area contributed by atoms with Gasteiger partial charge in [0, 0.05) is 63.8 Å². The molecule has 0 aromatic carbocycles. The molecule has 2 radical (unpaired) electrons. The van der Waals surface area contributed by atoms with Gasteiger partial charge in [0.1, 0.15) is 57.3 Å². The van der Waals surface area contributed by atoms with Gasteiger partial charge in [-0.2, -0.15) is 0 Å². The molecule has 320 valence electrons. The van der Waals surface area contributed by atoms with Gasteiger partial charge in [-0.05, 0) is 97.1 Å². The quantitative estimate of drug-likeness (QED) is 0.143. The molecule has 7 aromatic heterocycles. The van der Waals surface area contributed by atoms with Crippen LogP contribution in [0.5, 0.6) is 0 Å². The van der Waals surface area contributed by atoms with Crippen LogP contribution in [0.25, 0.3) is 88.1 Å². The van der Waals surface area contributed by atoms with Gasteiger partial charge in [0.05, 0.1) is 22.8 Å². The number of thiophene rings is 4. The van der Waals surface area contributed by atoms with E-state index in [0.29, 0.717) is 109 Å². The Morgan fingerprint density at radius 3 is 0.742 bits per heavy atom. The van der Waals surface area contributed by atoms with Gasteiger partial charge in [-0.3, -0.25) is 0 Å². The van der Waals surface area contributed by atoms with E-state index in [0.717, 1.165) is 24.3 Å². The largest absolute Gasteiger partial charge is 2.00 e. The van der Waals surface area contributed by atoms with E-state index >= 15 is 0 Å². The molecule has 9 heterocycles. The fourth-order valence-electron chi connectivity index (χ4n) is 6.60. The van der Waals surface area contributed by atoms with Crippen LogP contribution in [0.4, 0.5) is 0 Å². The number of H-pyrrole nitrogens is 2. The Bertz CT molecular complexity index is 3220. The molecule has 26 heteroatoms. The van der Waals surface area contributed by atoms with E-state index in [9.17, 15) is 51.9 Å². The van der Waals surface area contributed by atoms with Crippen molar-refractivity contribution < 1.29 is 85.4 Å². The zero-order chi connectivity index (χ0) is 42.5. The summed E-state index contributed by atoms with van der Waals surface area (Å²) in [6, 6.07) is 17.0. The second-order valence-electron chi connectivity index (χ2n) is 12.8. The van der Waals surface area contributed by atoms with Gasteiger partial charge in [0.15, 0.2) is 0 Å². The fourth-order valence-corrected chi connectivity index (χ4v) is 13.5. The van der Waals surface area contributed by atoms with Crippen LogP contribution in [-0.4, -0.2) is 71.8 Å². The molecule has 9 rings (SSSR count). The van der Waals surface area contributed by atoms with Crippen LogP contribution in [-0.2, 0) is 74.0 Å². The summed E-state index contributed by atoms with van der Waals surface area (Å²) >= 11 is 2.79. The van der Waals surface area contributed by atoms with Gasteiger partial charge in [-0.25, -0.2) is 43.6 Å². The molecule has 2 aliphatic rings. The monoisotopic (exact) mass is 1070 g/mol. The predicted molar refractivity (Wildman–Crippen MR) is 224 cm³/mol. The first-order valence-corrected chi connectivity index (χ1v) is 25.5. The van der Waals surface area contributed by atoms with Crippen molar-refractivity contribution >= 4 is 132 Å². The number of hydrogen-bond acceptors (Lipinski definition) is 18. The molecule has 62 heavy (non-hydrogen) atoms. The zero-order valence-electron chi connectivity index (χ0n) is 30.0. The third-order valence-corrected chi connectivity index (χ3v) is 18.6. The molecule has 0 amide bonds. The standard InChI is InChI=1S/C36H22N4O12S8.2Co/c41-57(42,43)29-13-9-25(53-29)33-17-1-2-18(37-17)34(26-10-14-30(54-26)58(44,45)46)20-5-6-22(39-20)36(28-12-16-32(56-28)60(50,51)52)24-8-7-23(40-24)35(21-4-3-19(33)38-21)27-11-15-31(55-27)59(47,48)49;;/h1-16,37,40H,(H,41,42,43)(H,44,45,46)(H,47,48,49)(H,50,51,52);;/q;2*+2/p-4. The summed E-state index contributed by atoms with van der Waals surface area (Å²) in [5, 5.41) is 0. The maximum Gasteiger partial charge on any atom is 2.00 e. The molecule has 2 aliphatic heterocycles. The van der Waals surface area contributed by atoms with E-state index in [4.69, 9.17) is 9.97 Å². The van der Waals surface area contributed by atoms with Crippen molar-refractivity contribution in [2.24, 2.45) is 0 Å². The third-order valence-electron chi connectivity index (χ3n) is 9.05. The number of aromatic nitrogens is 4. The SMILES string of the molecule is O=S(=O)([O-])c1ccc(-c2c3nc(c(-c4ccc(S(=O)(=O)[O-])s4)c4ccc([nH]4)c(-c4ccc(S(=O)(=O)[O-])s4)c4nc(c(-c5ccc(S(=O)(=O)[O-])s5)c5ccc2[nH]5)C=C4)C=C3)s1.[Co+2].[Co+2]. The van der Waals surface area contributed by atoms with Crippen LogP contribution in [0.15, 0.2) is 89.6 Å². The Balaban J connectivity index is 0.00000289. The second kappa shape index (κ2) is 16.6. The van der Waals surface area contributed by atoms with Gasteiger partial charge < -0.3 is 28.2 Å². The Kier molecular flexibility index (Phi) is 12.3. The fraction of sp³-hybridized carbons (Fsp3) is 0. The number of hydrogen-bond donors (Lipinski definition) is 2. The molecular formula is C36H18Co2N4O12S8. The van der Waals surface area contributed by atoms with E-state index in [1.165, 1.54) is 24.3 Å². The average Bonchev–Trinajstić information content (AvgIpc) is 3.98. The minimum Gasteiger partial charge on any atom is -0.743 e. The van der Waals surface area contributed by atoms with Crippen LogP contribution in [0.3, 0.4) is 0 Å². The van der Waals surface area contributed by atoms with Gasteiger partial charge in [-0.15, -0.1) is 45.3 Å². The minimum absolute atomic E-state index is 0. The van der Waals surface area contributed by atoms with Gasteiger partial charge >= 0.3 is 33.6 Å². The average molecular weight is 1070 g/mol. The molecule has 0 fully saturated rings. The molecule has 0 aliphatic carbocycles. The van der Waals surface area contributed by atoms with Gasteiger partial charge in [0.2, 0.25) is 0 Å². The Morgan fingerprint density at radius 2 is 0.565 bits per heavy atom. The maximum atomic E-state index is 12.1. The molecular weight excluding hydrogens is 1050 g/mol. The summed E-state index contributed by atoms with van der Waals surface area (Å²) in [5.41, 5.74) is 3.82. The minimum atomic E-state index is -4.87. The van der Waals surface area contributed by atoms with Gasteiger partial charge in [-0.1, -0.05) is 0 Å². The van der Waals surface area contributed by atoms with Crippen LogP contribution in [0.2, 0.25) is 0 Å². The van der Waals surface area contributed by atoms with Crippen molar-refractivity contribution in [3.63, 3.8) is 0 Å². The number of nitrogens with one attached hydrogen (secondary N) is 2. The normalized spacial score (nSPS) is 13.0. The smallest absolute Gasteiger partial charge is 0.743 e. The molecule has 0 atom stereocenters. The van der Waals surface area contributed by atoms with Crippen molar-refractivity contribution in [2.45, 2.75) is 16.8 Å². The Hall–Kier alpha value is -3.95. The van der Waals surface area contributed by atoms with E-state index in [-0.39, 0.29) is 56.3 Å². The van der Waals surface area contributed by atoms with E-state index in [1.54, 1.807) is 48.6 Å². The zero-order valence-corrected chi connectivity index (χ0v) is 38.6.